The SMILES string of the molecule is C/C=C(\C=C1\NC=NC(=NC2C=CC=C(C)C(F)=C2)C1C)OC. The molecule has 23 heavy (non-hydrogen) atoms. The lowest BCUT2D eigenvalue weighted by Gasteiger charge is -2.21. The van der Waals surface area contributed by atoms with Gasteiger partial charge in [0.2, 0.25) is 0 Å². The largest absolute Gasteiger partial charge is 0.497 e. The van der Waals surface area contributed by atoms with Crippen LogP contribution in [0.1, 0.15) is 20.8 Å². The van der Waals surface area contributed by atoms with Gasteiger partial charge in [-0.2, -0.15) is 0 Å². The molecule has 2 aliphatic rings. The van der Waals surface area contributed by atoms with Crippen LogP contribution in [0.5, 0.6) is 0 Å². The Balaban J connectivity index is 2.27. The molecular formula is C18H22FN3O. The van der Waals surface area contributed by atoms with Crippen molar-refractivity contribution in [2.45, 2.75) is 26.8 Å². The Labute approximate surface area is 136 Å². The van der Waals surface area contributed by atoms with E-state index in [9.17, 15) is 4.39 Å². The fourth-order valence-electron chi connectivity index (χ4n) is 2.24. The van der Waals surface area contributed by atoms with Gasteiger partial charge in [0.05, 0.1) is 25.4 Å². The van der Waals surface area contributed by atoms with E-state index in [1.54, 1.807) is 26.4 Å². The van der Waals surface area contributed by atoms with Gasteiger partial charge < -0.3 is 10.1 Å². The first kappa shape index (κ1) is 16.9. The Kier molecular flexibility index (Phi) is 5.68. The second-order valence-corrected chi connectivity index (χ2v) is 5.35. The molecule has 2 atom stereocenters. The Bertz CT molecular complexity index is 666. The van der Waals surface area contributed by atoms with Crippen molar-refractivity contribution in [3.8, 4) is 0 Å². The standard InChI is InChI=1S/C18H22FN3O/c1-5-15(23-4)10-17-13(3)18(21-11-20-17)22-14-8-6-7-12(2)16(19)9-14/h5-11,13-14H,1-4H3,(H,20,21,22)/b15-5+,17-10+. The van der Waals surface area contributed by atoms with Crippen molar-refractivity contribution in [3.05, 3.63) is 59.3 Å². The van der Waals surface area contributed by atoms with Crippen LogP contribution in [0.2, 0.25) is 0 Å². The van der Waals surface area contributed by atoms with E-state index in [0.717, 1.165) is 11.5 Å². The summed E-state index contributed by atoms with van der Waals surface area (Å²) in [6.45, 7) is 5.65. The highest BCUT2D eigenvalue weighted by Gasteiger charge is 2.20. The summed E-state index contributed by atoms with van der Waals surface area (Å²) in [7, 11) is 1.63. The molecule has 1 aliphatic carbocycles. The third-order valence-corrected chi connectivity index (χ3v) is 3.73. The molecule has 0 aromatic heterocycles. The van der Waals surface area contributed by atoms with Gasteiger partial charge in [-0.25, -0.2) is 9.38 Å². The van der Waals surface area contributed by atoms with E-state index in [1.807, 2.05) is 38.2 Å². The first-order valence-corrected chi connectivity index (χ1v) is 7.56. The molecule has 2 rings (SSSR count). The highest BCUT2D eigenvalue weighted by molar-refractivity contribution is 5.96. The van der Waals surface area contributed by atoms with E-state index < -0.39 is 0 Å². The van der Waals surface area contributed by atoms with Crippen LogP contribution in [-0.2, 0) is 4.74 Å². The molecule has 1 N–H and O–H groups in total. The molecule has 122 valence electrons. The quantitative estimate of drug-likeness (QED) is 0.805. The van der Waals surface area contributed by atoms with Gasteiger partial charge >= 0.3 is 0 Å². The number of amidine groups is 1. The minimum absolute atomic E-state index is 0.0349. The van der Waals surface area contributed by atoms with Crippen LogP contribution in [-0.4, -0.2) is 25.3 Å². The van der Waals surface area contributed by atoms with Crippen LogP contribution < -0.4 is 5.32 Å². The molecule has 0 fully saturated rings. The van der Waals surface area contributed by atoms with E-state index in [-0.39, 0.29) is 17.8 Å². The molecule has 0 radical (unpaired) electrons. The van der Waals surface area contributed by atoms with Crippen molar-refractivity contribution >= 4 is 12.2 Å². The second kappa shape index (κ2) is 7.72. The zero-order valence-corrected chi connectivity index (χ0v) is 13.9. The summed E-state index contributed by atoms with van der Waals surface area (Å²) >= 11 is 0. The summed E-state index contributed by atoms with van der Waals surface area (Å²) < 4.78 is 19.1. The van der Waals surface area contributed by atoms with Gasteiger partial charge in [0.1, 0.15) is 17.4 Å². The van der Waals surface area contributed by atoms with Crippen LogP contribution in [0, 0.1) is 5.92 Å². The number of hydrogen-bond acceptors (Lipinski definition) is 3. The van der Waals surface area contributed by atoms with E-state index in [1.165, 1.54) is 6.08 Å². The van der Waals surface area contributed by atoms with Crippen molar-refractivity contribution in [1.82, 2.24) is 5.32 Å². The van der Waals surface area contributed by atoms with Crippen LogP contribution in [0.15, 0.2) is 69.3 Å². The Morgan fingerprint density at radius 3 is 2.96 bits per heavy atom. The zero-order chi connectivity index (χ0) is 16.8. The number of methoxy groups -OCH3 is 1. The van der Waals surface area contributed by atoms with Gasteiger partial charge in [-0.3, -0.25) is 4.99 Å². The van der Waals surface area contributed by atoms with Crippen LogP contribution in [0.4, 0.5) is 4.39 Å². The summed E-state index contributed by atoms with van der Waals surface area (Å²) in [4.78, 5) is 8.87. The summed E-state index contributed by atoms with van der Waals surface area (Å²) in [5, 5.41) is 3.11. The van der Waals surface area contributed by atoms with Crippen molar-refractivity contribution < 1.29 is 9.13 Å². The average Bonchev–Trinajstić information content (AvgIpc) is 2.70. The van der Waals surface area contributed by atoms with Crippen molar-refractivity contribution in [1.29, 1.82) is 0 Å². The third kappa shape index (κ3) is 4.28. The molecule has 1 aliphatic heterocycles. The van der Waals surface area contributed by atoms with Gasteiger partial charge in [-0.1, -0.05) is 18.2 Å². The summed E-state index contributed by atoms with van der Waals surface area (Å²) in [6, 6.07) is -0.360. The van der Waals surface area contributed by atoms with Crippen molar-refractivity contribution in [2.24, 2.45) is 15.9 Å². The normalized spacial score (nSPS) is 28.3. The van der Waals surface area contributed by atoms with E-state index in [0.29, 0.717) is 11.4 Å². The number of nitrogens with one attached hydrogen (secondary N) is 1. The summed E-state index contributed by atoms with van der Waals surface area (Å²) in [5.41, 5.74) is 1.54. The van der Waals surface area contributed by atoms with Gasteiger partial charge in [-0.05, 0) is 44.6 Å². The van der Waals surface area contributed by atoms with Crippen LogP contribution in [0.3, 0.4) is 0 Å². The number of nitrogens with zero attached hydrogens (tertiary/aromatic N) is 2. The smallest absolute Gasteiger partial charge is 0.134 e. The van der Waals surface area contributed by atoms with E-state index >= 15 is 0 Å². The maximum Gasteiger partial charge on any atom is 0.134 e. The Hall–Kier alpha value is -2.43. The molecule has 4 nitrogen and oxygen atoms in total. The van der Waals surface area contributed by atoms with Crippen molar-refractivity contribution in [3.63, 3.8) is 0 Å². The van der Waals surface area contributed by atoms with Gasteiger partial charge in [0, 0.05) is 5.70 Å². The van der Waals surface area contributed by atoms with Crippen LogP contribution >= 0.6 is 0 Å². The minimum Gasteiger partial charge on any atom is -0.497 e. The molecule has 2 unspecified atom stereocenters. The molecule has 0 aromatic carbocycles. The number of ether oxygens (including phenoxy) is 1. The van der Waals surface area contributed by atoms with Gasteiger partial charge in [0.25, 0.3) is 0 Å². The average molecular weight is 315 g/mol. The minimum atomic E-state index is -0.360. The molecule has 0 aromatic rings. The number of hydrogen-bond donors (Lipinski definition) is 1. The van der Waals surface area contributed by atoms with Gasteiger partial charge in [-0.15, -0.1) is 0 Å². The zero-order valence-electron chi connectivity index (χ0n) is 13.9. The summed E-state index contributed by atoms with van der Waals surface area (Å²) in [5.74, 6) is 1.13. The molecule has 5 heteroatoms. The fraction of sp³-hybridized carbons (Fsp3) is 0.333. The molecule has 1 heterocycles. The Morgan fingerprint density at radius 2 is 2.26 bits per heavy atom. The number of aliphatic imine (C=N–C) groups is 2. The first-order valence-electron chi connectivity index (χ1n) is 7.56. The maximum atomic E-state index is 13.9. The third-order valence-electron chi connectivity index (χ3n) is 3.73. The molecule has 0 spiro atoms. The molecule has 0 saturated carbocycles. The second-order valence-electron chi connectivity index (χ2n) is 5.35. The predicted molar refractivity (Wildman–Crippen MR) is 93.0 cm³/mol. The monoisotopic (exact) mass is 315 g/mol. The lowest BCUT2D eigenvalue weighted by atomic mass is 10.0. The van der Waals surface area contributed by atoms with E-state index in [4.69, 9.17) is 4.74 Å². The summed E-state index contributed by atoms with van der Waals surface area (Å²) in [6.07, 6.45) is 12.3. The lowest BCUT2D eigenvalue weighted by Crippen LogP contribution is -2.29. The maximum absolute atomic E-state index is 13.9. The highest BCUT2D eigenvalue weighted by atomic mass is 19.1. The highest BCUT2D eigenvalue weighted by Crippen LogP contribution is 2.20. The van der Waals surface area contributed by atoms with Crippen molar-refractivity contribution in [2.75, 3.05) is 7.11 Å². The lowest BCUT2D eigenvalue weighted by molar-refractivity contribution is 0.305. The first-order chi connectivity index (χ1) is 11.0. The van der Waals surface area contributed by atoms with Gasteiger partial charge in [0.15, 0.2) is 0 Å². The number of halogens is 1. The van der Waals surface area contributed by atoms with E-state index in [2.05, 4.69) is 15.3 Å². The molecule has 0 bridgehead atoms. The topological polar surface area (TPSA) is 46.0 Å². The Morgan fingerprint density at radius 1 is 1.48 bits per heavy atom. The fourth-order valence-corrected chi connectivity index (χ4v) is 2.24. The molecule has 0 amide bonds. The van der Waals surface area contributed by atoms with Crippen LogP contribution in [0.25, 0.3) is 0 Å². The number of rotatable bonds is 3. The number of allylic oxidation sites excluding steroid dienone is 6. The predicted octanol–water partition coefficient (Wildman–Crippen LogP) is 3.82. The molecular weight excluding hydrogens is 293 g/mol. The molecule has 0 saturated heterocycles.